The lowest BCUT2D eigenvalue weighted by molar-refractivity contribution is -0.206. The summed E-state index contributed by atoms with van der Waals surface area (Å²) in [6.07, 6.45) is -2.11. The van der Waals surface area contributed by atoms with Crippen LogP contribution in [-0.2, 0) is 32.2 Å². The number of azide groups is 1. The Bertz CT molecular complexity index is 1490. The van der Waals surface area contributed by atoms with E-state index < -0.39 is 35.8 Å². The molecule has 0 spiro atoms. The quantitative estimate of drug-likeness (QED) is 0.0726. The summed E-state index contributed by atoms with van der Waals surface area (Å²) in [6.45, 7) is 2.48. The van der Waals surface area contributed by atoms with Crippen molar-refractivity contribution < 1.29 is 23.7 Å². The van der Waals surface area contributed by atoms with E-state index >= 15 is 0 Å². The fourth-order valence-electron chi connectivity index (χ4n) is 4.80. The number of carbonyl (C=O) groups excluding carboxylic acids is 1. The van der Waals surface area contributed by atoms with Gasteiger partial charge in [0.05, 0.1) is 24.9 Å². The maximum atomic E-state index is 12.9. The summed E-state index contributed by atoms with van der Waals surface area (Å²) < 4.78 is 25.3. The van der Waals surface area contributed by atoms with Crippen molar-refractivity contribution in [1.29, 1.82) is 0 Å². The summed E-state index contributed by atoms with van der Waals surface area (Å²) >= 11 is 1.43. The van der Waals surface area contributed by atoms with Crippen LogP contribution in [-0.4, -0.2) is 42.4 Å². The molecule has 0 unspecified atom stereocenters. The molecule has 9 heteroatoms. The smallest absolute Gasteiger partial charge is 0.338 e. The molecule has 5 rings (SSSR count). The van der Waals surface area contributed by atoms with Gasteiger partial charge in [-0.05, 0) is 47.8 Å². The monoisotopic (exact) mass is 595 g/mol. The molecule has 0 saturated carbocycles. The van der Waals surface area contributed by atoms with E-state index in [-0.39, 0.29) is 19.8 Å². The number of ether oxygens (including phenoxy) is 4. The van der Waals surface area contributed by atoms with Gasteiger partial charge in [-0.2, -0.15) is 0 Å². The van der Waals surface area contributed by atoms with Crippen molar-refractivity contribution in [1.82, 2.24) is 0 Å². The van der Waals surface area contributed by atoms with E-state index in [0.29, 0.717) is 5.56 Å². The Labute approximate surface area is 255 Å². The Kier molecular flexibility index (Phi) is 10.9. The van der Waals surface area contributed by atoms with Crippen LogP contribution in [0.2, 0.25) is 0 Å². The van der Waals surface area contributed by atoms with Gasteiger partial charge in [0.15, 0.2) is 0 Å². The van der Waals surface area contributed by atoms with E-state index in [2.05, 4.69) is 10.0 Å². The Balaban J connectivity index is 1.46. The molecule has 8 nitrogen and oxygen atoms in total. The molecule has 0 aromatic heterocycles. The molecule has 1 aliphatic heterocycles. The minimum Gasteiger partial charge on any atom is -0.459 e. The van der Waals surface area contributed by atoms with Gasteiger partial charge >= 0.3 is 5.97 Å². The van der Waals surface area contributed by atoms with Crippen LogP contribution in [0, 0.1) is 6.92 Å². The number of aryl methyl sites for hydroxylation is 1. The number of rotatable bonds is 12. The number of nitrogens with zero attached hydrogens (tertiary/aromatic N) is 3. The standard InChI is InChI=1S/C34H33N3O5S/c1-24-17-19-28(20-18-24)43-34-30(36-37-35)32(40-22-26-13-7-3-8-14-26)31(39-21-25-11-5-2-6-12-25)29(42-34)23-41-33(38)27-15-9-4-10-16-27/h2-20,29-32,34H,21-23H2,1H3/t29-,30-,31+,32-,34-/m1/s1. The molecule has 1 saturated heterocycles. The van der Waals surface area contributed by atoms with Crippen LogP contribution in [0.1, 0.15) is 27.0 Å². The average molecular weight is 596 g/mol. The maximum Gasteiger partial charge on any atom is 0.338 e. The molecule has 4 aromatic rings. The second-order valence-electron chi connectivity index (χ2n) is 10.2. The normalized spacial score (nSPS) is 21.5. The number of benzene rings is 4. The van der Waals surface area contributed by atoms with Crippen molar-refractivity contribution in [3.63, 3.8) is 0 Å². The topological polar surface area (TPSA) is 103 Å². The van der Waals surface area contributed by atoms with Gasteiger partial charge in [-0.15, -0.1) is 0 Å². The van der Waals surface area contributed by atoms with E-state index in [0.717, 1.165) is 21.6 Å². The summed E-state index contributed by atoms with van der Waals surface area (Å²) in [6, 6.07) is 35.6. The zero-order valence-electron chi connectivity index (χ0n) is 23.8. The van der Waals surface area contributed by atoms with E-state index in [4.69, 9.17) is 18.9 Å². The summed E-state index contributed by atoms with van der Waals surface area (Å²) in [7, 11) is 0. The minimum atomic E-state index is -0.734. The van der Waals surface area contributed by atoms with Crippen molar-refractivity contribution in [2.75, 3.05) is 6.61 Å². The molecular formula is C34H33N3O5S. The fourth-order valence-corrected chi connectivity index (χ4v) is 5.91. The first-order valence-corrected chi connectivity index (χ1v) is 14.9. The van der Waals surface area contributed by atoms with Crippen molar-refractivity contribution in [2.24, 2.45) is 5.11 Å². The number of esters is 1. The highest BCUT2D eigenvalue weighted by atomic mass is 32.2. The summed E-state index contributed by atoms with van der Waals surface area (Å²) in [4.78, 5) is 17.0. The first kappa shape index (κ1) is 30.4. The number of thioether (sulfide) groups is 1. The predicted molar refractivity (Wildman–Crippen MR) is 165 cm³/mol. The largest absolute Gasteiger partial charge is 0.459 e. The molecule has 1 fully saturated rings. The second-order valence-corrected chi connectivity index (χ2v) is 11.3. The first-order valence-electron chi connectivity index (χ1n) is 14.1. The molecule has 1 heterocycles. The molecule has 0 N–H and O–H groups in total. The van der Waals surface area contributed by atoms with Crippen molar-refractivity contribution in [3.8, 4) is 0 Å². The molecule has 1 aliphatic rings. The molecule has 220 valence electrons. The van der Waals surface area contributed by atoms with Crippen LogP contribution < -0.4 is 0 Å². The van der Waals surface area contributed by atoms with Gasteiger partial charge < -0.3 is 18.9 Å². The lowest BCUT2D eigenvalue weighted by Gasteiger charge is -2.44. The molecule has 5 atom stereocenters. The lowest BCUT2D eigenvalue weighted by atomic mass is 9.97. The third-order valence-electron chi connectivity index (χ3n) is 7.03. The van der Waals surface area contributed by atoms with Crippen molar-refractivity contribution in [3.05, 3.63) is 148 Å². The van der Waals surface area contributed by atoms with E-state index in [1.807, 2.05) is 97.9 Å². The fraction of sp³-hybridized carbons (Fsp3) is 0.265. The highest BCUT2D eigenvalue weighted by Gasteiger charge is 2.48. The van der Waals surface area contributed by atoms with Crippen molar-refractivity contribution in [2.45, 2.75) is 54.8 Å². The first-order chi connectivity index (χ1) is 21.1. The third kappa shape index (κ3) is 8.47. The highest BCUT2D eigenvalue weighted by molar-refractivity contribution is 7.99. The zero-order chi connectivity index (χ0) is 29.9. The van der Waals surface area contributed by atoms with Crippen LogP contribution in [0.4, 0.5) is 0 Å². The number of carbonyl (C=O) groups is 1. The zero-order valence-corrected chi connectivity index (χ0v) is 24.6. The van der Waals surface area contributed by atoms with Crippen LogP contribution in [0.5, 0.6) is 0 Å². The van der Waals surface area contributed by atoms with Crippen LogP contribution in [0.15, 0.2) is 125 Å². The Morgan fingerprint density at radius 2 is 1.37 bits per heavy atom. The summed E-state index contributed by atoms with van der Waals surface area (Å²) in [5.74, 6) is -0.465. The minimum absolute atomic E-state index is 0.0771. The second kappa shape index (κ2) is 15.4. The Hall–Kier alpha value is -4.11. The molecule has 0 amide bonds. The SMILES string of the molecule is Cc1ccc(S[C@H]2O[C@H](COC(=O)c3ccccc3)[C@H](OCc3ccccc3)[C@H](OCc3ccccc3)[C@H]2N=[N+]=[N-])cc1. The van der Waals surface area contributed by atoms with Gasteiger partial charge in [-0.25, -0.2) is 4.79 Å². The van der Waals surface area contributed by atoms with E-state index in [9.17, 15) is 10.3 Å². The van der Waals surface area contributed by atoms with Gasteiger partial charge in [0.2, 0.25) is 0 Å². The van der Waals surface area contributed by atoms with E-state index in [1.165, 1.54) is 11.8 Å². The molecule has 0 bridgehead atoms. The Morgan fingerprint density at radius 1 is 0.814 bits per heavy atom. The van der Waals surface area contributed by atoms with Gasteiger partial charge in [0.1, 0.15) is 30.3 Å². The lowest BCUT2D eigenvalue weighted by Crippen LogP contribution is -2.59. The molecule has 43 heavy (non-hydrogen) atoms. The maximum absolute atomic E-state index is 12.9. The Morgan fingerprint density at radius 3 is 1.95 bits per heavy atom. The third-order valence-corrected chi connectivity index (χ3v) is 8.20. The summed E-state index contributed by atoms with van der Waals surface area (Å²) in [5, 5.41) is 4.18. The molecular weight excluding hydrogens is 562 g/mol. The van der Waals surface area contributed by atoms with Gasteiger partial charge in [0, 0.05) is 9.81 Å². The number of hydrogen-bond acceptors (Lipinski definition) is 7. The van der Waals surface area contributed by atoms with Gasteiger partial charge in [0.25, 0.3) is 0 Å². The summed E-state index contributed by atoms with van der Waals surface area (Å²) in [5.41, 5.74) is 12.5. The van der Waals surface area contributed by atoms with Crippen LogP contribution in [0.3, 0.4) is 0 Å². The van der Waals surface area contributed by atoms with Crippen molar-refractivity contribution >= 4 is 17.7 Å². The average Bonchev–Trinajstić information content (AvgIpc) is 3.05. The molecule has 0 aliphatic carbocycles. The molecule has 4 aromatic carbocycles. The molecule has 0 radical (unpaired) electrons. The van der Waals surface area contributed by atoms with Gasteiger partial charge in [-0.1, -0.05) is 113 Å². The van der Waals surface area contributed by atoms with Gasteiger partial charge in [-0.3, -0.25) is 0 Å². The highest BCUT2D eigenvalue weighted by Crippen LogP contribution is 2.38. The van der Waals surface area contributed by atoms with Crippen LogP contribution in [0.25, 0.3) is 10.4 Å². The number of hydrogen-bond donors (Lipinski definition) is 0. The van der Waals surface area contributed by atoms with E-state index in [1.54, 1.807) is 24.3 Å². The predicted octanol–water partition coefficient (Wildman–Crippen LogP) is 7.52. The van der Waals surface area contributed by atoms with Crippen LogP contribution >= 0.6 is 11.8 Å².